The van der Waals surface area contributed by atoms with E-state index < -0.39 is 0 Å². The molecule has 0 atom stereocenters. The lowest BCUT2D eigenvalue weighted by atomic mass is 10.2. The summed E-state index contributed by atoms with van der Waals surface area (Å²) < 4.78 is 1.01. The van der Waals surface area contributed by atoms with E-state index in [0.29, 0.717) is 0 Å². The minimum Gasteiger partial charge on any atom is -0.370 e. The number of nitrogens with zero attached hydrogens (tertiary/aromatic N) is 1. The number of anilines is 1. The molecule has 0 unspecified atom stereocenters. The lowest BCUT2D eigenvalue weighted by molar-refractivity contribution is 0.661. The fraction of sp³-hybridized carbons (Fsp3) is 0.545. The van der Waals surface area contributed by atoms with Gasteiger partial charge in [-0.3, -0.25) is 0 Å². The largest absolute Gasteiger partial charge is 0.370 e. The Bertz CT molecular complexity index is 261. The Morgan fingerprint density at radius 3 is 2.67 bits per heavy atom. The highest BCUT2D eigenvalue weighted by atomic mass is 79.9. The van der Waals surface area contributed by atoms with Crippen molar-refractivity contribution in [1.82, 2.24) is 4.98 Å². The molecule has 0 aromatic carbocycles. The van der Waals surface area contributed by atoms with Gasteiger partial charge < -0.3 is 11.1 Å². The van der Waals surface area contributed by atoms with Crippen molar-refractivity contribution in [1.29, 1.82) is 0 Å². The topological polar surface area (TPSA) is 50.9 Å². The highest BCUT2D eigenvalue weighted by molar-refractivity contribution is 9.10. The number of halogens is 1. The average Bonchev–Trinajstić information content (AvgIpc) is 2.26. The lowest BCUT2D eigenvalue weighted by Gasteiger charge is -2.04. The summed E-state index contributed by atoms with van der Waals surface area (Å²) in [7, 11) is 0. The predicted molar refractivity (Wildman–Crippen MR) is 67.9 cm³/mol. The number of unbranched alkanes of at least 4 members (excludes halogenated alkanes) is 3. The second-order valence-electron chi connectivity index (χ2n) is 3.49. The Labute approximate surface area is 99.6 Å². The molecule has 0 aliphatic heterocycles. The Kier molecular flexibility index (Phi) is 6.36. The van der Waals surface area contributed by atoms with Crippen molar-refractivity contribution < 1.29 is 0 Å². The molecule has 0 aliphatic carbocycles. The van der Waals surface area contributed by atoms with Gasteiger partial charge in [0.2, 0.25) is 0 Å². The minimum absolute atomic E-state index is 0.807. The molecule has 1 heterocycles. The normalized spacial score (nSPS) is 10.3. The summed E-state index contributed by atoms with van der Waals surface area (Å²) in [5.74, 6) is 0.942. The molecule has 0 bridgehead atoms. The third kappa shape index (κ3) is 5.74. The molecule has 3 nitrogen and oxygen atoms in total. The molecule has 0 fully saturated rings. The van der Waals surface area contributed by atoms with Crippen LogP contribution in [0.4, 0.5) is 5.82 Å². The van der Waals surface area contributed by atoms with Crippen LogP contribution in [-0.4, -0.2) is 18.1 Å². The van der Waals surface area contributed by atoms with E-state index in [1.165, 1.54) is 19.3 Å². The van der Waals surface area contributed by atoms with Crippen molar-refractivity contribution in [2.24, 2.45) is 5.73 Å². The Morgan fingerprint density at radius 2 is 2.00 bits per heavy atom. The lowest BCUT2D eigenvalue weighted by Crippen LogP contribution is -2.03. The van der Waals surface area contributed by atoms with Gasteiger partial charge in [-0.1, -0.05) is 12.8 Å². The van der Waals surface area contributed by atoms with Crippen LogP contribution in [0.2, 0.25) is 0 Å². The van der Waals surface area contributed by atoms with Crippen LogP contribution in [0.5, 0.6) is 0 Å². The van der Waals surface area contributed by atoms with Crippen LogP contribution < -0.4 is 11.1 Å². The SMILES string of the molecule is NCCCCCCNc1ccc(Br)cn1. The molecule has 84 valence electrons. The van der Waals surface area contributed by atoms with Crippen LogP contribution in [0.15, 0.2) is 22.8 Å². The van der Waals surface area contributed by atoms with E-state index in [4.69, 9.17) is 5.73 Å². The first-order valence-electron chi connectivity index (χ1n) is 5.38. The maximum atomic E-state index is 5.42. The molecule has 1 aromatic heterocycles. The van der Waals surface area contributed by atoms with E-state index in [-0.39, 0.29) is 0 Å². The summed E-state index contributed by atoms with van der Waals surface area (Å²) in [6, 6.07) is 3.97. The van der Waals surface area contributed by atoms with Gasteiger partial charge in [-0.15, -0.1) is 0 Å². The first kappa shape index (κ1) is 12.5. The number of nitrogens with one attached hydrogen (secondary N) is 1. The summed E-state index contributed by atoms with van der Waals surface area (Å²) in [6.07, 6.45) is 6.58. The summed E-state index contributed by atoms with van der Waals surface area (Å²) in [5.41, 5.74) is 5.42. The molecule has 0 radical (unpaired) electrons. The van der Waals surface area contributed by atoms with Gasteiger partial charge in [0.25, 0.3) is 0 Å². The third-order valence-electron chi connectivity index (χ3n) is 2.16. The fourth-order valence-electron chi connectivity index (χ4n) is 1.32. The van der Waals surface area contributed by atoms with Crippen LogP contribution in [0.3, 0.4) is 0 Å². The number of hydrogen-bond acceptors (Lipinski definition) is 3. The fourth-order valence-corrected chi connectivity index (χ4v) is 1.55. The zero-order valence-corrected chi connectivity index (χ0v) is 10.5. The number of hydrogen-bond donors (Lipinski definition) is 2. The maximum Gasteiger partial charge on any atom is 0.125 e. The highest BCUT2D eigenvalue weighted by Crippen LogP contribution is 2.10. The zero-order valence-electron chi connectivity index (χ0n) is 8.88. The van der Waals surface area contributed by atoms with Crippen molar-refractivity contribution in [3.8, 4) is 0 Å². The van der Waals surface area contributed by atoms with Gasteiger partial charge in [-0.25, -0.2) is 4.98 Å². The Morgan fingerprint density at radius 1 is 1.20 bits per heavy atom. The Hall–Kier alpha value is -0.610. The standard InChI is InChI=1S/C11H18BrN3/c12-10-5-6-11(15-9-10)14-8-4-2-1-3-7-13/h5-6,9H,1-4,7-8,13H2,(H,14,15). The summed E-state index contributed by atoms with van der Waals surface area (Å²) in [6.45, 7) is 1.79. The molecular weight excluding hydrogens is 254 g/mol. The molecule has 0 spiro atoms. The minimum atomic E-state index is 0.807. The number of aromatic nitrogens is 1. The number of pyridine rings is 1. The molecule has 1 rings (SSSR count). The molecule has 0 amide bonds. The summed E-state index contributed by atoms with van der Waals surface area (Å²) >= 11 is 3.35. The second kappa shape index (κ2) is 7.65. The van der Waals surface area contributed by atoms with E-state index in [1.807, 2.05) is 12.1 Å². The van der Waals surface area contributed by atoms with E-state index in [2.05, 4.69) is 26.2 Å². The third-order valence-corrected chi connectivity index (χ3v) is 2.63. The van der Waals surface area contributed by atoms with Crippen molar-refractivity contribution >= 4 is 21.7 Å². The molecule has 0 saturated heterocycles. The smallest absolute Gasteiger partial charge is 0.125 e. The predicted octanol–water partition coefficient (Wildman–Crippen LogP) is 2.78. The van der Waals surface area contributed by atoms with Crippen molar-refractivity contribution in [3.63, 3.8) is 0 Å². The van der Waals surface area contributed by atoms with E-state index in [9.17, 15) is 0 Å². The maximum absolute atomic E-state index is 5.42. The average molecular weight is 272 g/mol. The molecule has 0 aliphatic rings. The first-order valence-corrected chi connectivity index (χ1v) is 6.17. The molecular formula is C11H18BrN3. The first-order chi connectivity index (χ1) is 7.33. The Balaban J connectivity index is 2.07. The van der Waals surface area contributed by atoms with Gasteiger partial charge in [0.15, 0.2) is 0 Å². The molecule has 15 heavy (non-hydrogen) atoms. The van der Waals surface area contributed by atoms with E-state index >= 15 is 0 Å². The molecule has 1 aromatic rings. The molecule has 0 saturated carbocycles. The quantitative estimate of drug-likeness (QED) is 0.750. The van der Waals surface area contributed by atoms with Crippen LogP contribution in [0.1, 0.15) is 25.7 Å². The zero-order chi connectivity index (χ0) is 10.9. The van der Waals surface area contributed by atoms with E-state index in [0.717, 1.165) is 29.8 Å². The monoisotopic (exact) mass is 271 g/mol. The van der Waals surface area contributed by atoms with Crippen LogP contribution >= 0.6 is 15.9 Å². The van der Waals surface area contributed by atoms with Crippen LogP contribution in [0, 0.1) is 0 Å². The van der Waals surface area contributed by atoms with Crippen molar-refractivity contribution in [2.75, 3.05) is 18.4 Å². The van der Waals surface area contributed by atoms with Gasteiger partial charge >= 0.3 is 0 Å². The van der Waals surface area contributed by atoms with Crippen molar-refractivity contribution in [3.05, 3.63) is 22.8 Å². The highest BCUT2D eigenvalue weighted by Gasteiger charge is 1.93. The second-order valence-corrected chi connectivity index (χ2v) is 4.41. The van der Waals surface area contributed by atoms with Gasteiger partial charge in [0.1, 0.15) is 5.82 Å². The van der Waals surface area contributed by atoms with Crippen molar-refractivity contribution in [2.45, 2.75) is 25.7 Å². The van der Waals surface area contributed by atoms with Gasteiger partial charge in [-0.05, 0) is 47.4 Å². The number of rotatable bonds is 7. The van der Waals surface area contributed by atoms with Gasteiger partial charge in [-0.2, -0.15) is 0 Å². The van der Waals surface area contributed by atoms with E-state index in [1.54, 1.807) is 6.20 Å². The van der Waals surface area contributed by atoms with Crippen LogP contribution in [-0.2, 0) is 0 Å². The summed E-state index contributed by atoms with van der Waals surface area (Å²) in [4.78, 5) is 4.23. The van der Waals surface area contributed by atoms with Crippen LogP contribution in [0.25, 0.3) is 0 Å². The van der Waals surface area contributed by atoms with Gasteiger partial charge in [0.05, 0.1) is 0 Å². The summed E-state index contributed by atoms with van der Waals surface area (Å²) in [5, 5.41) is 3.29. The number of nitrogens with two attached hydrogens (primary N) is 1. The molecule has 4 heteroatoms. The molecule has 3 N–H and O–H groups in total. The van der Waals surface area contributed by atoms with Gasteiger partial charge in [0, 0.05) is 17.2 Å².